The van der Waals surface area contributed by atoms with Gasteiger partial charge in [-0.3, -0.25) is 10.1 Å². The van der Waals surface area contributed by atoms with Crippen LogP contribution in [0, 0.1) is 0 Å². The molecule has 0 radical (unpaired) electrons. The highest BCUT2D eigenvalue weighted by Gasteiger charge is 2.12. The van der Waals surface area contributed by atoms with E-state index >= 15 is 0 Å². The number of anilines is 1. The summed E-state index contributed by atoms with van der Waals surface area (Å²) < 4.78 is 0.824. The monoisotopic (exact) mass is 348 g/mol. The Hall–Kier alpha value is -1.99. The molecule has 7 heteroatoms. The first kappa shape index (κ1) is 13.0. The number of benzene rings is 1. The van der Waals surface area contributed by atoms with Gasteiger partial charge in [0.2, 0.25) is 5.13 Å². The van der Waals surface area contributed by atoms with Crippen LogP contribution in [0.5, 0.6) is 0 Å². The molecule has 1 amide bonds. The van der Waals surface area contributed by atoms with Crippen molar-refractivity contribution in [2.75, 3.05) is 5.32 Å². The molecule has 0 spiro atoms. The van der Waals surface area contributed by atoms with Gasteiger partial charge >= 0.3 is 0 Å². The van der Waals surface area contributed by atoms with Gasteiger partial charge in [0, 0.05) is 16.2 Å². The van der Waals surface area contributed by atoms with E-state index in [1.165, 1.54) is 11.3 Å². The first-order valence-corrected chi connectivity index (χ1v) is 7.37. The van der Waals surface area contributed by atoms with Gasteiger partial charge in [-0.2, -0.15) is 0 Å². The molecular formula is C13H9BrN4OS. The second kappa shape index (κ2) is 5.56. The predicted molar refractivity (Wildman–Crippen MR) is 81.8 cm³/mol. The molecule has 0 unspecified atom stereocenters. The standard InChI is InChI=1S/C13H9BrN4OS/c14-9-6-10(15-7-9)11(19)16-13-18-17-12(20-13)8-4-2-1-3-5-8/h1-7,15H,(H,16,18,19). The Balaban J connectivity index is 1.76. The number of nitrogens with one attached hydrogen (secondary N) is 2. The lowest BCUT2D eigenvalue weighted by molar-refractivity contribution is 0.102. The summed E-state index contributed by atoms with van der Waals surface area (Å²) in [5.74, 6) is -0.244. The number of aromatic nitrogens is 3. The van der Waals surface area contributed by atoms with Gasteiger partial charge < -0.3 is 4.98 Å². The number of halogens is 1. The van der Waals surface area contributed by atoms with E-state index in [0.717, 1.165) is 15.0 Å². The predicted octanol–water partition coefficient (Wildman–Crippen LogP) is 3.55. The number of nitrogens with zero attached hydrogens (tertiary/aromatic N) is 2. The third kappa shape index (κ3) is 2.78. The van der Waals surface area contributed by atoms with Crippen molar-refractivity contribution in [1.82, 2.24) is 15.2 Å². The van der Waals surface area contributed by atoms with E-state index in [1.807, 2.05) is 30.3 Å². The minimum absolute atomic E-state index is 0.244. The number of rotatable bonds is 3. The van der Waals surface area contributed by atoms with Crippen LogP contribution in [0.1, 0.15) is 10.5 Å². The van der Waals surface area contributed by atoms with Crippen molar-refractivity contribution in [3.8, 4) is 10.6 Å². The number of carbonyl (C=O) groups is 1. The lowest BCUT2D eigenvalue weighted by atomic mass is 10.2. The summed E-state index contributed by atoms with van der Waals surface area (Å²) in [6.45, 7) is 0. The first-order valence-electron chi connectivity index (χ1n) is 5.76. The summed E-state index contributed by atoms with van der Waals surface area (Å²) in [4.78, 5) is 14.8. The van der Waals surface area contributed by atoms with E-state index < -0.39 is 0 Å². The van der Waals surface area contributed by atoms with Crippen molar-refractivity contribution in [3.63, 3.8) is 0 Å². The fourth-order valence-electron chi connectivity index (χ4n) is 1.63. The van der Waals surface area contributed by atoms with Gasteiger partial charge in [0.25, 0.3) is 5.91 Å². The third-order valence-electron chi connectivity index (χ3n) is 2.56. The van der Waals surface area contributed by atoms with Crippen molar-refractivity contribution in [1.29, 1.82) is 0 Å². The SMILES string of the molecule is O=C(Nc1nnc(-c2ccccc2)s1)c1cc(Br)c[nH]1. The fraction of sp³-hybridized carbons (Fsp3) is 0. The van der Waals surface area contributed by atoms with Gasteiger partial charge in [0.15, 0.2) is 0 Å². The Morgan fingerprint density at radius 2 is 2.05 bits per heavy atom. The number of hydrogen-bond acceptors (Lipinski definition) is 4. The van der Waals surface area contributed by atoms with E-state index in [4.69, 9.17) is 0 Å². The smallest absolute Gasteiger partial charge is 0.273 e. The number of H-pyrrole nitrogens is 1. The van der Waals surface area contributed by atoms with Gasteiger partial charge in [-0.05, 0) is 22.0 Å². The second-order valence-corrected chi connectivity index (χ2v) is 5.86. The van der Waals surface area contributed by atoms with Crippen LogP contribution in [0.2, 0.25) is 0 Å². The number of aromatic amines is 1. The van der Waals surface area contributed by atoms with Crippen LogP contribution in [0.15, 0.2) is 47.1 Å². The summed E-state index contributed by atoms with van der Waals surface area (Å²) >= 11 is 4.62. The zero-order valence-electron chi connectivity index (χ0n) is 10.1. The third-order valence-corrected chi connectivity index (χ3v) is 3.90. The Morgan fingerprint density at radius 3 is 2.75 bits per heavy atom. The van der Waals surface area contributed by atoms with Gasteiger partial charge in [-0.1, -0.05) is 41.7 Å². The maximum atomic E-state index is 11.9. The molecule has 3 rings (SSSR count). The summed E-state index contributed by atoms with van der Waals surface area (Å²) in [7, 11) is 0. The largest absolute Gasteiger partial charge is 0.356 e. The molecule has 0 aliphatic heterocycles. The topological polar surface area (TPSA) is 70.7 Å². The van der Waals surface area contributed by atoms with Crippen molar-refractivity contribution < 1.29 is 4.79 Å². The molecule has 100 valence electrons. The normalized spacial score (nSPS) is 10.4. The lowest BCUT2D eigenvalue weighted by Crippen LogP contribution is -2.11. The van der Waals surface area contributed by atoms with Crippen LogP contribution in [0.4, 0.5) is 5.13 Å². The maximum absolute atomic E-state index is 11.9. The molecule has 2 aromatic heterocycles. The summed E-state index contributed by atoms with van der Waals surface area (Å²) in [5, 5.41) is 12.0. The molecule has 2 heterocycles. The van der Waals surface area contributed by atoms with Gasteiger partial charge in [-0.15, -0.1) is 10.2 Å². The molecule has 3 aromatic rings. The Kier molecular flexibility index (Phi) is 3.62. The fourth-order valence-corrected chi connectivity index (χ4v) is 2.72. The molecule has 20 heavy (non-hydrogen) atoms. The number of hydrogen-bond donors (Lipinski definition) is 2. The molecule has 0 fully saturated rings. The molecular weight excluding hydrogens is 340 g/mol. The summed E-state index contributed by atoms with van der Waals surface area (Å²) in [6.07, 6.45) is 1.70. The zero-order chi connectivity index (χ0) is 13.9. The van der Waals surface area contributed by atoms with E-state index in [2.05, 4.69) is 36.4 Å². The molecule has 5 nitrogen and oxygen atoms in total. The molecule has 0 saturated heterocycles. The quantitative estimate of drug-likeness (QED) is 0.760. The van der Waals surface area contributed by atoms with Gasteiger partial charge in [-0.25, -0.2) is 0 Å². The van der Waals surface area contributed by atoms with Crippen molar-refractivity contribution in [3.05, 3.63) is 52.8 Å². The molecule has 1 aromatic carbocycles. The van der Waals surface area contributed by atoms with Crippen LogP contribution in [-0.4, -0.2) is 21.1 Å². The Morgan fingerprint density at radius 1 is 1.25 bits per heavy atom. The molecule has 0 atom stereocenters. The first-order chi connectivity index (χ1) is 9.72. The highest BCUT2D eigenvalue weighted by Crippen LogP contribution is 2.26. The van der Waals surface area contributed by atoms with E-state index in [0.29, 0.717) is 10.8 Å². The minimum Gasteiger partial charge on any atom is -0.356 e. The number of amides is 1. The van der Waals surface area contributed by atoms with Crippen LogP contribution in [0.3, 0.4) is 0 Å². The van der Waals surface area contributed by atoms with Crippen molar-refractivity contribution in [2.24, 2.45) is 0 Å². The van der Waals surface area contributed by atoms with Crippen molar-refractivity contribution in [2.45, 2.75) is 0 Å². The van der Waals surface area contributed by atoms with Gasteiger partial charge in [0.05, 0.1) is 0 Å². The summed E-state index contributed by atoms with van der Waals surface area (Å²) in [5.41, 5.74) is 1.45. The van der Waals surface area contributed by atoms with Crippen LogP contribution < -0.4 is 5.32 Å². The van der Waals surface area contributed by atoms with Crippen LogP contribution in [0.25, 0.3) is 10.6 Å². The number of carbonyl (C=O) groups excluding carboxylic acids is 1. The van der Waals surface area contributed by atoms with E-state index in [-0.39, 0.29) is 5.91 Å². The van der Waals surface area contributed by atoms with Crippen LogP contribution >= 0.6 is 27.3 Å². The molecule has 0 aliphatic rings. The average Bonchev–Trinajstić information content (AvgIpc) is 3.09. The highest BCUT2D eigenvalue weighted by atomic mass is 79.9. The highest BCUT2D eigenvalue weighted by molar-refractivity contribution is 9.10. The average molecular weight is 349 g/mol. The molecule has 0 saturated carbocycles. The zero-order valence-corrected chi connectivity index (χ0v) is 12.5. The van der Waals surface area contributed by atoms with Crippen LogP contribution in [-0.2, 0) is 0 Å². The molecule has 0 bridgehead atoms. The van der Waals surface area contributed by atoms with E-state index in [1.54, 1.807) is 12.3 Å². The van der Waals surface area contributed by atoms with Gasteiger partial charge in [0.1, 0.15) is 10.7 Å². The summed E-state index contributed by atoms with van der Waals surface area (Å²) in [6, 6.07) is 11.4. The molecule has 0 aliphatic carbocycles. The Bertz CT molecular complexity index is 738. The minimum atomic E-state index is -0.244. The maximum Gasteiger partial charge on any atom is 0.273 e. The lowest BCUT2D eigenvalue weighted by Gasteiger charge is -1.97. The Labute approximate surface area is 127 Å². The van der Waals surface area contributed by atoms with Crippen molar-refractivity contribution >= 4 is 38.3 Å². The molecule has 2 N–H and O–H groups in total. The van der Waals surface area contributed by atoms with E-state index in [9.17, 15) is 4.79 Å². The second-order valence-electron chi connectivity index (χ2n) is 3.96.